The fraction of sp³-hybridized carbons (Fsp3) is 0.381. The summed E-state index contributed by atoms with van der Waals surface area (Å²) >= 11 is 0. The molecule has 0 radical (unpaired) electrons. The minimum absolute atomic E-state index is 0.0224. The zero-order valence-electron chi connectivity index (χ0n) is 17.3. The number of nitrogens with one attached hydrogen (secondary N) is 1. The Morgan fingerprint density at radius 3 is 2.68 bits per heavy atom. The molecule has 1 saturated heterocycles. The van der Waals surface area contributed by atoms with E-state index in [1.54, 1.807) is 18.3 Å². The summed E-state index contributed by atoms with van der Waals surface area (Å²) in [5.41, 5.74) is 3.43. The van der Waals surface area contributed by atoms with Crippen LogP contribution in [0.15, 0.2) is 35.0 Å². The topological polar surface area (TPSA) is 120 Å². The SMILES string of the molecule is Cc1ccc(-c2noc(C)c2COc2ccc(C(=O)NC3CCS(=O)CC3)nn2)cn1. The Morgan fingerprint density at radius 1 is 1.19 bits per heavy atom. The lowest BCUT2D eigenvalue weighted by Gasteiger charge is -2.22. The number of hydrogen-bond acceptors (Lipinski definition) is 8. The van der Waals surface area contributed by atoms with E-state index in [4.69, 9.17) is 9.26 Å². The van der Waals surface area contributed by atoms with Gasteiger partial charge in [-0.25, -0.2) is 0 Å². The molecule has 1 aliphatic rings. The first-order chi connectivity index (χ1) is 15.0. The first-order valence-corrected chi connectivity index (χ1v) is 11.5. The van der Waals surface area contributed by atoms with Gasteiger partial charge in [-0.2, -0.15) is 0 Å². The summed E-state index contributed by atoms with van der Waals surface area (Å²) in [4.78, 5) is 16.7. The molecule has 0 spiro atoms. The van der Waals surface area contributed by atoms with Crippen molar-refractivity contribution in [1.29, 1.82) is 0 Å². The number of aromatic nitrogens is 4. The van der Waals surface area contributed by atoms with Gasteiger partial charge in [-0.3, -0.25) is 14.0 Å². The monoisotopic (exact) mass is 441 g/mol. The molecule has 3 aromatic rings. The molecule has 1 N–H and O–H groups in total. The van der Waals surface area contributed by atoms with E-state index in [-0.39, 0.29) is 30.1 Å². The lowest BCUT2D eigenvalue weighted by Crippen LogP contribution is -2.39. The third kappa shape index (κ3) is 5.13. The van der Waals surface area contributed by atoms with Gasteiger partial charge in [-0.05, 0) is 44.9 Å². The van der Waals surface area contributed by atoms with E-state index in [0.29, 0.717) is 35.8 Å². The molecular weight excluding hydrogens is 418 g/mol. The maximum Gasteiger partial charge on any atom is 0.272 e. The third-order valence-corrected chi connectivity index (χ3v) is 6.51. The average Bonchev–Trinajstić information content (AvgIpc) is 3.15. The molecule has 4 rings (SSSR count). The van der Waals surface area contributed by atoms with Gasteiger partial charge in [0.15, 0.2) is 5.69 Å². The van der Waals surface area contributed by atoms with Crippen molar-refractivity contribution in [2.75, 3.05) is 11.5 Å². The quantitative estimate of drug-likeness (QED) is 0.619. The second-order valence-electron chi connectivity index (χ2n) is 7.40. The van der Waals surface area contributed by atoms with Gasteiger partial charge < -0.3 is 14.6 Å². The van der Waals surface area contributed by atoms with E-state index in [1.807, 2.05) is 26.0 Å². The molecular formula is C21H23N5O4S. The minimum Gasteiger partial charge on any atom is -0.472 e. The number of nitrogens with zero attached hydrogens (tertiary/aromatic N) is 4. The maximum absolute atomic E-state index is 12.4. The van der Waals surface area contributed by atoms with E-state index in [9.17, 15) is 9.00 Å². The molecule has 0 unspecified atom stereocenters. The lowest BCUT2D eigenvalue weighted by atomic mass is 10.1. The summed E-state index contributed by atoms with van der Waals surface area (Å²) in [6, 6.07) is 7.04. The Morgan fingerprint density at radius 2 is 2.00 bits per heavy atom. The highest BCUT2D eigenvalue weighted by molar-refractivity contribution is 7.85. The standard InChI is InChI=1S/C21H23N5O4S/c1-13-3-4-15(11-22-13)20-17(14(2)30-26-20)12-29-19-6-5-18(24-25-19)21(27)23-16-7-9-31(28)10-8-16/h3-6,11,16H,7-10,12H2,1-2H3,(H,23,27). The molecule has 31 heavy (non-hydrogen) atoms. The largest absolute Gasteiger partial charge is 0.472 e. The van der Waals surface area contributed by atoms with Crippen LogP contribution in [0.2, 0.25) is 0 Å². The lowest BCUT2D eigenvalue weighted by molar-refractivity contribution is 0.0928. The van der Waals surface area contributed by atoms with Crippen molar-refractivity contribution in [2.24, 2.45) is 0 Å². The number of hydrogen-bond donors (Lipinski definition) is 1. The summed E-state index contributed by atoms with van der Waals surface area (Å²) in [7, 11) is -0.766. The van der Waals surface area contributed by atoms with Gasteiger partial charge in [0, 0.05) is 51.9 Å². The molecule has 162 valence electrons. The molecule has 4 heterocycles. The second-order valence-corrected chi connectivity index (χ2v) is 9.09. The van der Waals surface area contributed by atoms with Crippen LogP contribution in [0.1, 0.15) is 40.3 Å². The summed E-state index contributed by atoms with van der Waals surface area (Å²) in [6.07, 6.45) is 3.17. The van der Waals surface area contributed by atoms with Gasteiger partial charge in [0.2, 0.25) is 5.88 Å². The van der Waals surface area contributed by atoms with Gasteiger partial charge in [-0.1, -0.05) is 5.16 Å². The number of amides is 1. The fourth-order valence-corrected chi connectivity index (χ4v) is 4.56. The van der Waals surface area contributed by atoms with Crippen LogP contribution < -0.4 is 10.1 Å². The summed E-state index contributed by atoms with van der Waals surface area (Å²) in [6.45, 7) is 3.93. The molecule has 1 fully saturated rings. The molecule has 0 atom stereocenters. The van der Waals surface area contributed by atoms with Crippen LogP contribution in [0.5, 0.6) is 5.88 Å². The van der Waals surface area contributed by atoms with Crippen molar-refractivity contribution < 1.29 is 18.3 Å². The highest BCUT2D eigenvalue weighted by Gasteiger charge is 2.21. The second kappa shape index (κ2) is 9.34. The molecule has 9 nitrogen and oxygen atoms in total. The van der Waals surface area contributed by atoms with Crippen molar-refractivity contribution in [1.82, 2.24) is 25.7 Å². The molecule has 1 amide bonds. The van der Waals surface area contributed by atoms with Crippen LogP contribution in [-0.2, 0) is 17.4 Å². The zero-order valence-corrected chi connectivity index (χ0v) is 18.1. The van der Waals surface area contributed by atoms with Crippen LogP contribution in [0.25, 0.3) is 11.3 Å². The van der Waals surface area contributed by atoms with Crippen LogP contribution in [0.3, 0.4) is 0 Å². The van der Waals surface area contributed by atoms with Gasteiger partial charge in [-0.15, -0.1) is 10.2 Å². The van der Waals surface area contributed by atoms with Crippen LogP contribution >= 0.6 is 0 Å². The Balaban J connectivity index is 1.38. The highest BCUT2D eigenvalue weighted by atomic mass is 32.2. The van der Waals surface area contributed by atoms with E-state index in [2.05, 4.69) is 25.7 Å². The van der Waals surface area contributed by atoms with Crippen molar-refractivity contribution in [2.45, 2.75) is 39.3 Å². The average molecular weight is 442 g/mol. The zero-order chi connectivity index (χ0) is 21.8. The Hall–Kier alpha value is -3.14. The van der Waals surface area contributed by atoms with Crippen LogP contribution in [0.4, 0.5) is 0 Å². The Labute approximate surface area is 182 Å². The summed E-state index contributed by atoms with van der Waals surface area (Å²) in [5.74, 6) is 1.88. The van der Waals surface area contributed by atoms with Crippen LogP contribution in [-0.4, -0.2) is 48.0 Å². The Bertz CT molecular complexity index is 1070. The van der Waals surface area contributed by atoms with Crippen molar-refractivity contribution >= 4 is 16.7 Å². The summed E-state index contributed by atoms with van der Waals surface area (Å²) in [5, 5.41) is 15.0. The van der Waals surface area contributed by atoms with Crippen molar-refractivity contribution in [3.05, 3.63) is 53.2 Å². The smallest absolute Gasteiger partial charge is 0.272 e. The maximum atomic E-state index is 12.4. The number of carbonyl (C=O) groups is 1. The van der Waals surface area contributed by atoms with E-state index >= 15 is 0 Å². The van der Waals surface area contributed by atoms with E-state index in [0.717, 1.165) is 16.8 Å². The third-order valence-electron chi connectivity index (χ3n) is 5.13. The number of ether oxygens (including phenoxy) is 1. The molecule has 0 saturated carbocycles. The first kappa shape index (κ1) is 21.1. The molecule has 0 aliphatic carbocycles. The van der Waals surface area contributed by atoms with E-state index < -0.39 is 10.8 Å². The van der Waals surface area contributed by atoms with E-state index in [1.165, 1.54) is 0 Å². The first-order valence-electron chi connectivity index (χ1n) is 10.00. The number of aryl methyl sites for hydroxylation is 2. The number of carbonyl (C=O) groups excluding carboxylic acids is 1. The van der Waals surface area contributed by atoms with Crippen LogP contribution in [0, 0.1) is 13.8 Å². The van der Waals surface area contributed by atoms with Crippen molar-refractivity contribution in [3.63, 3.8) is 0 Å². The molecule has 3 aromatic heterocycles. The Kier molecular flexibility index (Phi) is 6.36. The number of rotatable bonds is 6. The fourth-order valence-electron chi connectivity index (χ4n) is 3.26. The van der Waals surface area contributed by atoms with Gasteiger partial charge in [0.1, 0.15) is 18.1 Å². The predicted molar refractivity (Wildman–Crippen MR) is 114 cm³/mol. The highest BCUT2D eigenvalue weighted by Crippen LogP contribution is 2.26. The molecule has 0 aromatic carbocycles. The van der Waals surface area contributed by atoms with Gasteiger partial charge in [0.25, 0.3) is 5.91 Å². The minimum atomic E-state index is -0.766. The number of pyridine rings is 1. The predicted octanol–water partition coefficient (Wildman–Crippen LogP) is 2.36. The molecule has 1 aliphatic heterocycles. The molecule has 0 bridgehead atoms. The molecule has 10 heteroatoms. The van der Waals surface area contributed by atoms with Gasteiger partial charge >= 0.3 is 0 Å². The summed E-state index contributed by atoms with van der Waals surface area (Å²) < 4.78 is 22.5. The van der Waals surface area contributed by atoms with Gasteiger partial charge in [0.05, 0.1) is 5.56 Å². The van der Waals surface area contributed by atoms with Crippen molar-refractivity contribution in [3.8, 4) is 17.1 Å². The normalized spacial score (nSPS) is 18.5.